The van der Waals surface area contributed by atoms with E-state index in [0.717, 1.165) is 16.1 Å². The zero-order valence-electron chi connectivity index (χ0n) is 15.0. The number of halogens is 1. The molecule has 2 aromatic carbocycles. The van der Waals surface area contributed by atoms with Crippen LogP contribution in [0.4, 0.5) is 0 Å². The predicted octanol–water partition coefficient (Wildman–Crippen LogP) is 5.24. The number of nitrogens with zero attached hydrogens (tertiary/aromatic N) is 2. The summed E-state index contributed by atoms with van der Waals surface area (Å²) in [6.45, 7) is 1.77. The molecular formula is C21H17ClN2O2S2. The molecular weight excluding hydrogens is 412 g/mol. The molecule has 2 aromatic heterocycles. The third-order valence-corrected chi connectivity index (χ3v) is 6.57. The third kappa shape index (κ3) is 3.86. The van der Waals surface area contributed by atoms with Crippen LogP contribution >= 0.6 is 34.7 Å². The second-order valence-corrected chi connectivity index (χ2v) is 8.82. The summed E-state index contributed by atoms with van der Waals surface area (Å²) in [6, 6.07) is 16.9. The molecule has 0 aliphatic carbocycles. The van der Waals surface area contributed by atoms with Crippen molar-refractivity contribution < 1.29 is 5.11 Å². The Kier molecular flexibility index (Phi) is 5.55. The average Bonchev–Trinajstić information content (AvgIpc) is 3.16. The monoisotopic (exact) mass is 428 g/mol. The summed E-state index contributed by atoms with van der Waals surface area (Å²) in [4.78, 5) is 19.0. The number of benzene rings is 2. The van der Waals surface area contributed by atoms with Crippen molar-refractivity contribution in [1.82, 2.24) is 9.55 Å². The van der Waals surface area contributed by atoms with E-state index >= 15 is 0 Å². The fourth-order valence-electron chi connectivity index (χ4n) is 2.85. The number of hydrogen-bond acceptors (Lipinski definition) is 5. The first-order valence-electron chi connectivity index (χ1n) is 8.70. The van der Waals surface area contributed by atoms with Gasteiger partial charge in [-0.3, -0.25) is 9.36 Å². The molecule has 0 aliphatic heterocycles. The Morgan fingerprint density at radius 2 is 1.86 bits per heavy atom. The number of fused-ring (bicyclic) bond motifs is 1. The standard InChI is InChI=1S/C21H17ClN2O2S2/c1-13(25)12-28-17-8-6-16(7-9-17)24-20(14-2-4-15(22)5-3-14)23-18-10-11-27-19(18)21(24)26/h2-11,13,25H,12H2,1H3. The summed E-state index contributed by atoms with van der Waals surface area (Å²) in [5.74, 6) is 1.20. The molecule has 0 saturated heterocycles. The number of aliphatic hydroxyl groups excluding tert-OH is 1. The van der Waals surface area contributed by atoms with Crippen molar-refractivity contribution in [2.24, 2.45) is 0 Å². The summed E-state index contributed by atoms with van der Waals surface area (Å²) < 4.78 is 2.27. The third-order valence-electron chi connectivity index (χ3n) is 4.17. The number of aliphatic hydroxyl groups is 1. The Hall–Kier alpha value is -2.12. The van der Waals surface area contributed by atoms with Gasteiger partial charge in [-0.25, -0.2) is 4.98 Å². The molecule has 1 unspecified atom stereocenters. The first kappa shape index (κ1) is 19.2. The maximum Gasteiger partial charge on any atom is 0.276 e. The highest BCUT2D eigenvalue weighted by molar-refractivity contribution is 7.99. The van der Waals surface area contributed by atoms with Gasteiger partial charge in [0.2, 0.25) is 0 Å². The summed E-state index contributed by atoms with van der Waals surface area (Å²) in [5.41, 5.74) is 2.18. The molecule has 0 fully saturated rings. The predicted molar refractivity (Wildman–Crippen MR) is 118 cm³/mol. The molecule has 7 heteroatoms. The first-order chi connectivity index (χ1) is 13.5. The molecule has 28 heavy (non-hydrogen) atoms. The minimum absolute atomic E-state index is 0.0886. The van der Waals surface area contributed by atoms with Crippen molar-refractivity contribution in [2.45, 2.75) is 17.9 Å². The van der Waals surface area contributed by atoms with Crippen molar-refractivity contribution in [3.8, 4) is 17.1 Å². The largest absolute Gasteiger partial charge is 0.393 e. The normalized spacial score (nSPS) is 12.4. The van der Waals surface area contributed by atoms with E-state index < -0.39 is 0 Å². The highest BCUT2D eigenvalue weighted by atomic mass is 35.5. The quantitative estimate of drug-likeness (QED) is 0.441. The van der Waals surface area contributed by atoms with Crippen molar-refractivity contribution in [1.29, 1.82) is 0 Å². The van der Waals surface area contributed by atoms with Gasteiger partial charge in [0.15, 0.2) is 0 Å². The average molecular weight is 429 g/mol. The smallest absolute Gasteiger partial charge is 0.276 e. The zero-order chi connectivity index (χ0) is 19.7. The Balaban J connectivity index is 1.85. The maximum atomic E-state index is 13.2. The number of thioether (sulfide) groups is 1. The molecule has 0 bridgehead atoms. The maximum absolute atomic E-state index is 13.2. The van der Waals surface area contributed by atoms with Crippen LogP contribution in [0.3, 0.4) is 0 Å². The summed E-state index contributed by atoms with van der Waals surface area (Å²) >= 11 is 9.00. The molecule has 1 N–H and O–H groups in total. The molecule has 4 nitrogen and oxygen atoms in total. The van der Waals surface area contributed by atoms with Gasteiger partial charge in [-0.05, 0) is 66.9 Å². The summed E-state index contributed by atoms with van der Waals surface area (Å²) in [5, 5.41) is 12.0. The van der Waals surface area contributed by atoms with E-state index in [0.29, 0.717) is 26.8 Å². The van der Waals surface area contributed by atoms with Crippen LogP contribution in [-0.4, -0.2) is 26.5 Å². The molecule has 0 saturated carbocycles. The lowest BCUT2D eigenvalue weighted by molar-refractivity contribution is 0.220. The van der Waals surface area contributed by atoms with Gasteiger partial charge in [0, 0.05) is 21.2 Å². The first-order valence-corrected chi connectivity index (χ1v) is 10.9. The van der Waals surface area contributed by atoms with Crippen molar-refractivity contribution in [2.75, 3.05) is 5.75 Å². The van der Waals surface area contributed by atoms with Gasteiger partial charge in [-0.2, -0.15) is 0 Å². The van der Waals surface area contributed by atoms with E-state index in [2.05, 4.69) is 0 Å². The second kappa shape index (κ2) is 8.09. The fraction of sp³-hybridized carbons (Fsp3) is 0.143. The van der Waals surface area contributed by atoms with Gasteiger partial charge in [-0.1, -0.05) is 11.6 Å². The number of aromatic nitrogens is 2. The van der Waals surface area contributed by atoms with Crippen LogP contribution in [0.1, 0.15) is 6.92 Å². The van der Waals surface area contributed by atoms with Crippen molar-refractivity contribution in [3.63, 3.8) is 0 Å². The van der Waals surface area contributed by atoms with Gasteiger partial charge < -0.3 is 5.11 Å². The van der Waals surface area contributed by atoms with E-state index in [1.807, 2.05) is 47.8 Å². The number of rotatable bonds is 5. The molecule has 0 radical (unpaired) electrons. The topological polar surface area (TPSA) is 55.1 Å². The molecule has 142 valence electrons. The number of thiophene rings is 1. The van der Waals surface area contributed by atoms with Crippen molar-refractivity contribution in [3.05, 3.63) is 75.4 Å². The van der Waals surface area contributed by atoms with Gasteiger partial charge in [0.1, 0.15) is 10.5 Å². The van der Waals surface area contributed by atoms with Gasteiger partial charge in [0.05, 0.1) is 17.3 Å². The lowest BCUT2D eigenvalue weighted by atomic mass is 10.2. The lowest BCUT2D eigenvalue weighted by Crippen LogP contribution is -2.21. The van der Waals surface area contributed by atoms with Crippen LogP contribution in [0, 0.1) is 0 Å². The SMILES string of the molecule is CC(O)CSc1ccc(-n2c(-c3ccc(Cl)cc3)nc3ccsc3c2=O)cc1. The minimum Gasteiger partial charge on any atom is -0.393 e. The van der Waals surface area contributed by atoms with Crippen molar-refractivity contribution >= 4 is 44.9 Å². The van der Waals surface area contributed by atoms with Gasteiger partial charge in [0.25, 0.3) is 5.56 Å². The van der Waals surface area contributed by atoms with Crippen LogP contribution in [0.15, 0.2) is 69.7 Å². The Bertz CT molecular complexity index is 1170. The van der Waals surface area contributed by atoms with E-state index in [4.69, 9.17) is 16.6 Å². The van der Waals surface area contributed by atoms with E-state index in [1.54, 1.807) is 35.4 Å². The molecule has 4 aromatic rings. The molecule has 0 amide bonds. The molecule has 0 spiro atoms. The Morgan fingerprint density at radius 3 is 2.54 bits per heavy atom. The molecule has 1 atom stereocenters. The van der Waals surface area contributed by atoms with Crippen LogP contribution in [0.2, 0.25) is 5.02 Å². The second-order valence-electron chi connectivity index (χ2n) is 6.37. The van der Waals surface area contributed by atoms with Crippen LogP contribution in [0.25, 0.3) is 27.3 Å². The Labute approximate surface area is 175 Å². The highest BCUT2D eigenvalue weighted by Crippen LogP contribution is 2.27. The van der Waals surface area contributed by atoms with E-state index in [1.165, 1.54) is 11.3 Å². The molecule has 0 aliphatic rings. The molecule has 4 rings (SSSR count). The van der Waals surface area contributed by atoms with Gasteiger partial charge in [-0.15, -0.1) is 23.1 Å². The molecule has 2 heterocycles. The summed E-state index contributed by atoms with van der Waals surface area (Å²) in [6.07, 6.45) is -0.366. The van der Waals surface area contributed by atoms with Crippen LogP contribution in [-0.2, 0) is 0 Å². The van der Waals surface area contributed by atoms with Crippen LogP contribution < -0.4 is 5.56 Å². The number of hydrogen-bond donors (Lipinski definition) is 1. The van der Waals surface area contributed by atoms with E-state index in [9.17, 15) is 9.90 Å². The highest BCUT2D eigenvalue weighted by Gasteiger charge is 2.15. The fourth-order valence-corrected chi connectivity index (χ4v) is 4.50. The van der Waals surface area contributed by atoms with E-state index in [-0.39, 0.29) is 11.7 Å². The Morgan fingerprint density at radius 1 is 1.14 bits per heavy atom. The summed E-state index contributed by atoms with van der Waals surface area (Å²) in [7, 11) is 0. The minimum atomic E-state index is -0.366. The lowest BCUT2D eigenvalue weighted by Gasteiger charge is -2.13. The zero-order valence-corrected chi connectivity index (χ0v) is 17.4. The van der Waals surface area contributed by atoms with Gasteiger partial charge >= 0.3 is 0 Å². The van der Waals surface area contributed by atoms with Crippen LogP contribution in [0.5, 0.6) is 0 Å².